The molecule has 1 saturated heterocycles. The van der Waals surface area contributed by atoms with Gasteiger partial charge >= 0.3 is 0 Å². The van der Waals surface area contributed by atoms with Gasteiger partial charge in [0.1, 0.15) is 5.82 Å². The smallest absolute Gasteiger partial charge is 0.123 e. The Bertz CT molecular complexity index is 427. The molecule has 2 nitrogen and oxygen atoms in total. The predicted octanol–water partition coefficient (Wildman–Crippen LogP) is 3.68. The quantitative estimate of drug-likeness (QED) is 0.889. The molecular formula is C15H21BrFNO. The number of hydrogen-bond acceptors (Lipinski definition) is 2. The number of ether oxygens (including phenoxy) is 1. The van der Waals surface area contributed by atoms with Crippen LogP contribution in [0.4, 0.5) is 4.39 Å². The molecule has 0 spiro atoms. The van der Waals surface area contributed by atoms with Gasteiger partial charge in [-0.3, -0.25) is 0 Å². The Labute approximate surface area is 122 Å². The van der Waals surface area contributed by atoms with Crippen LogP contribution in [0.5, 0.6) is 0 Å². The van der Waals surface area contributed by atoms with Crippen LogP contribution >= 0.6 is 15.9 Å². The Hall–Kier alpha value is -0.450. The van der Waals surface area contributed by atoms with Crippen LogP contribution in [0.1, 0.15) is 32.3 Å². The van der Waals surface area contributed by atoms with Crippen molar-refractivity contribution in [2.24, 2.45) is 0 Å². The van der Waals surface area contributed by atoms with E-state index in [1.54, 1.807) is 12.1 Å². The van der Waals surface area contributed by atoms with Crippen molar-refractivity contribution in [2.45, 2.75) is 51.4 Å². The number of nitrogens with one attached hydrogen (secondary N) is 1. The zero-order valence-corrected chi connectivity index (χ0v) is 13.0. The molecule has 3 atom stereocenters. The summed E-state index contributed by atoms with van der Waals surface area (Å²) in [5.74, 6) is -0.186. The molecule has 4 heteroatoms. The van der Waals surface area contributed by atoms with Crippen LogP contribution in [0.25, 0.3) is 0 Å². The second-order valence-electron chi connectivity index (χ2n) is 5.17. The Morgan fingerprint density at radius 3 is 2.89 bits per heavy atom. The van der Waals surface area contributed by atoms with Crippen molar-refractivity contribution in [3.8, 4) is 0 Å². The molecule has 0 aliphatic carbocycles. The third-order valence-corrected chi connectivity index (χ3v) is 4.40. The van der Waals surface area contributed by atoms with Gasteiger partial charge in [-0.05, 0) is 56.5 Å². The lowest BCUT2D eigenvalue weighted by Crippen LogP contribution is -2.41. The molecule has 1 fully saturated rings. The van der Waals surface area contributed by atoms with Gasteiger partial charge in [-0.1, -0.05) is 22.9 Å². The first-order valence-corrected chi connectivity index (χ1v) is 7.72. The van der Waals surface area contributed by atoms with Crippen molar-refractivity contribution in [3.05, 3.63) is 34.1 Å². The average molecular weight is 330 g/mol. The van der Waals surface area contributed by atoms with E-state index in [0.29, 0.717) is 6.10 Å². The molecule has 1 heterocycles. The van der Waals surface area contributed by atoms with E-state index in [1.807, 2.05) is 0 Å². The summed E-state index contributed by atoms with van der Waals surface area (Å²) in [5.41, 5.74) is 0.995. The van der Waals surface area contributed by atoms with Gasteiger partial charge < -0.3 is 10.1 Å². The summed E-state index contributed by atoms with van der Waals surface area (Å²) >= 11 is 3.50. The van der Waals surface area contributed by atoms with E-state index in [-0.39, 0.29) is 18.0 Å². The minimum absolute atomic E-state index is 0.186. The summed E-state index contributed by atoms with van der Waals surface area (Å²) < 4.78 is 20.3. The van der Waals surface area contributed by atoms with Gasteiger partial charge in [-0.15, -0.1) is 0 Å². The molecule has 0 amide bonds. The molecule has 0 aromatic heterocycles. The summed E-state index contributed by atoms with van der Waals surface area (Å²) in [4.78, 5) is 0. The maximum absolute atomic E-state index is 13.4. The highest BCUT2D eigenvalue weighted by Crippen LogP contribution is 2.26. The van der Waals surface area contributed by atoms with Crippen LogP contribution in [0.3, 0.4) is 0 Å². The van der Waals surface area contributed by atoms with Crippen molar-refractivity contribution in [2.75, 3.05) is 6.54 Å². The normalized spacial score (nSPS) is 24.6. The molecule has 2 rings (SSSR count). The highest BCUT2D eigenvalue weighted by Gasteiger charge is 2.29. The van der Waals surface area contributed by atoms with E-state index in [1.165, 1.54) is 6.07 Å². The average Bonchev–Trinajstić information content (AvgIpc) is 2.80. The topological polar surface area (TPSA) is 21.3 Å². The van der Waals surface area contributed by atoms with Gasteiger partial charge in [-0.2, -0.15) is 0 Å². The summed E-state index contributed by atoms with van der Waals surface area (Å²) in [5, 5.41) is 3.47. The van der Waals surface area contributed by atoms with Gasteiger partial charge in [0.25, 0.3) is 0 Å². The largest absolute Gasteiger partial charge is 0.374 e. The highest BCUT2D eigenvalue weighted by atomic mass is 79.9. The summed E-state index contributed by atoms with van der Waals surface area (Å²) in [7, 11) is 0. The molecule has 1 N–H and O–H groups in total. The number of rotatable bonds is 5. The first-order valence-electron chi connectivity index (χ1n) is 6.93. The molecule has 1 aliphatic rings. The predicted molar refractivity (Wildman–Crippen MR) is 78.8 cm³/mol. The fraction of sp³-hybridized carbons (Fsp3) is 0.600. The van der Waals surface area contributed by atoms with Gasteiger partial charge in [-0.25, -0.2) is 4.39 Å². The Morgan fingerprint density at radius 2 is 2.26 bits per heavy atom. The van der Waals surface area contributed by atoms with Crippen LogP contribution < -0.4 is 5.32 Å². The van der Waals surface area contributed by atoms with Crippen molar-refractivity contribution >= 4 is 15.9 Å². The molecule has 19 heavy (non-hydrogen) atoms. The van der Waals surface area contributed by atoms with Crippen molar-refractivity contribution in [1.82, 2.24) is 5.32 Å². The second kappa shape index (κ2) is 6.82. The maximum Gasteiger partial charge on any atom is 0.123 e. The van der Waals surface area contributed by atoms with E-state index in [0.717, 1.165) is 35.8 Å². The lowest BCUT2D eigenvalue weighted by molar-refractivity contribution is 0.0323. The van der Waals surface area contributed by atoms with Gasteiger partial charge in [0.2, 0.25) is 0 Å². The summed E-state index contributed by atoms with van der Waals surface area (Å²) in [6.07, 6.45) is 3.53. The third-order valence-electron chi connectivity index (χ3n) is 3.63. The maximum atomic E-state index is 13.4. The Morgan fingerprint density at radius 1 is 1.47 bits per heavy atom. The summed E-state index contributed by atoms with van der Waals surface area (Å²) in [6.45, 7) is 5.10. The zero-order chi connectivity index (χ0) is 13.8. The molecular weight excluding hydrogens is 309 g/mol. The van der Waals surface area contributed by atoms with E-state index in [9.17, 15) is 4.39 Å². The number of halogens is 2. The van der Waals surface area contributed by atoms with Crippen molar-refractivity contribution in [3.63, 3.8) is 0 Å². The molecule has 0 bridgehead atoms. The SMILES string of the molecule is CCNC(Cc1cc(F)ccc1Br)C1CCC(C)O1. The molecule has 1 aromatic rings. The molecule has 106 valence electrons. The summed E-state index contributed by atoms with van der Waals surface area (Å²) in [6, 6.07) is 5.09. The van der Waals surface area contributed by atoms with E-state index >= 15 is 0 Å². The van der Waals surface area contributed by atoms with E-state index in [2.05, 4.69) is 35.1 Å². The van der Waals surface area contributed by atoms with Crippen LogP contribution in [-0.2, 0) is 11.2 Å². The highest BCUT2D eigenvalue weighted by molar-refractivity contribution is 9.10. The van der Waals surface area contributed by atoms with Crippen LogP contribution in [-0.4, -0.2) is 24.8 Å². The fourth-order valence-corrected chi connectivity index (χ4v) is 3.07. The van der Waals surface area contributed by atoms with Gasteiger partial charge in [0.05, 0.1) is 12.2 Å². The lowest BCUT2D eigenvalue weighted by atomic mass is 9.99. The van der Waals surface area contributed by atoms with Gasteiger partial charge in [0, 0.05) is 10.5 Å². The minimum Gasteiger partial charge on any atom is -0.374 e. The molecule has 0 radical (unpaired) electrons. The second-order valence-corrected chi connectivity index (χ2v) is 6.02. The van der Waals surface area contributed by atoms with E-state index < -0.39 is 0 Å². The minimum atomic E-state index is -0.186. The standard InChI is InChI=1S/C15H21BrFNO/c1-3-18-14(15-7-4-10(2)19-15)9-11-8-12(17)5-6-13(11)16/h5-6,8,10,14-15,18H,3-4,7,9H2,1-2H3. The van der Waals surface area contributed by atoms with Crippen molar-refractivity contribution < 1.29 is 9.13 Å². The molecule has 0 saturated carbocycles. The zero-order valence-electron chi connectivity index (χ0n) is 11.5. The number of hydrogen-bond donors (Lipinski definition) is 1. The number of likely N-dealkylation sites (N-methyl/N-ethyl adjacent to an activating group) is 1. The first kappa shape index (κ1) is 14.9. The van der Waals surface area contributed by atoms with Crippen molar-refractivity contribution in [1.29, 1.82) is 0 Å². The van der Waals surface area contributed by atoms with E-state index in [4.69, 9.17) is 4.74 Å². The monoisotopic (exact) mass is 329 g/mol. The fourth-order valence-electron chi connectivity index (χ4n) is 2.66. The number of benzene rings is 1. The Kier molecular flexibility index (Phi) is 5.37. The molecule has 3 unspecified atom stereocenters. The molecule has 1 aliphatic heterocycles. The Balaban J connectivity index is 2.09. The molecule has 1 aromatic carbocycles. The van der Waals surface area contributed by atoms with Crippen LogP contribution in [0.2, 0.25) is 0 Å². The van der Waals surface area contributed by atoms with Crippen LogP contribution in [0, 0.1) is 5.82 Å². The lowest BCUT2D eigenvalue weighted by Gasteiger charge is -2.25. The first-order chi connectivity index (χ1) is 9.10. The third kappa shape index (κ3) is 4.01. The van der Waals surface area contributed by atoms with Crippen LogP contribution in [0.15, 0.2) is 22.7 Å². The van der Waals surface area contributed by atoms with Gasteiger partial charge in [0.15, 0.2) is 0 Å².